The summed E-state index contributed by atoms with van der Waals surface area (Å²) in [5.74, 6) is 0.773. The maximum absolute atomic E-state index is 9.37. The average molecular weight is 322 g/mol. The van der Waals surface area contributed by atoms with Gasteiger partial charge < -0.3 is 9.84 Å². The van der Waals surface area contributed by atoms with E-state index >= 15 is 0 Å². The first kappa shape index (κ1) is 14.0. The van der Waals surface area contributed by atoms with Crippen molar-refractivity contribution in [3.63, 3.8) is 0 Å². The van der Waals surface area contributed by atoms with Crippen molar-refractivity contribution in [1.82, 2.24) is 4.98 Å². The van der Waals surface area contributed by atoms with Crippen LogP contribution in [-0.4, -0.2) is 16.7 Å². The molecule has 1 aromatic heterocycles. The van der Waals surface area contributed by atoms with Gasteiger partial charge in [-0.05, 0) is 36.2 Å². The van der Waals surface area contributed by atoms with E-state index in [2.05, 4.69) is 20.9 Å². The van der Waals surface area contributed by atoms with Crippen LogP contribution in [0.25, 0.3) is 0 Å². The number of halogens is 1. The summed E-state index contributed by atoms with van der Waals surface area (Å²) >= 11 is 3.42. The Morgan fingerprint density at radius 2 is 2.21 bits per heavy atom. The minimum atomic E-state index is -0.0253. The lowest BCUT2D eigenvalue weighted by Gasteiger charge is -2.13. The standard InChI is InChI=1S/C15H16BrNO2/c1-11-7-14(16)8-13(10-18)15(11)19-6-4-12-3-2-5-17-9-12/h2-3,5,7-9,18H,4,6,10H2,1H3. The molecule has 0 spiro atoms. The number of aromatic nitrogens is 1. The third-order valence-corrected chi connectivity index (χ3v) is 3.30. The van der Waals surface area contributed by atoms with Crippen LogP contribution < -0.4 is 4.74 Å². The third-order valence-electron chi connectivity index (χ3n) is 2.85. The van der Waals surface area contributed by atoms with E-state index in [1.165, 1.54) is 0 Å². The predicted octanol–water partition coefficient (Wildman–Crippen LogP) is 3.27. The van der Waals surface area contributed by atoms with Crippen molar-refractivity contribution in [2.45, 2.75) is 20.0 Å². The molecule has 2 aromatic rings. The molecule has 1 aromatic carbocycles. The quantitative estimate of drug-likeness (QED) is 0.919. The molecule has 0 unspecified atom stereocenters. The molecule has 0 saturated heterocycles. The van der Waals surface area contributed by atoms with Crippen molar-refractivity contribution in [3.8, 4) is 5.75 Å². The zero-order chi connectivity index (χ0) is 13.7. The normalized spacial score (nSPS) is 10.5. The number of aliphatic hydroxyl groups is 1. The highest BCUT2D eigenvalue weighted by atomic mass is 79.9. The topological polar surface area (TPSA) is 42.4 Å². The van der Waals surface area contributed by atoms with Gasteiger partial charge in [0.05, 0.1) is 13.2 Å². The summed E-state index contributed by atoms with van der Waals surface area (Å²) in [6.45, 7) is 2.52. The van der Waals surface area contributed by atoms with E-state index in [-0.39, 0.29) is 6.61 Å². The van der Waals surface area contributed by atoms with Crippen molar-refractivity contribution >= 4 is 15.9 Å². The molecule has 0 aliphatic heterocycles. The number of rotatable bonds is 5. The monoisotopic (exact) mass is 321 g/mol. The van der Waals surface area contributed by atoms with Gasteiger partial charge in [-0.25, -0.2) is 0 Å². The highest BCUT2D eigenvalue weighted by Gasteiger charge is 2.08. The maximum atomic E-state index is 9.37. The Morgan fingerprint density at radius 1 is 1.37 bits per heavy atom. The van der Waals surface area contributed by atoms with Gasteiger partial charge in [-0.3, -0.25) is 4.98 Å². The second-order valence-electron chi connectivity index (χ2n) is 4.33. The lowest BCUT2D eigenvalue weighted by molar-refractivity contribution is 0.263. The largest absolute Gasteiger partial charge is 0.493 e. The van der Waals surface area contributed by atoms with Crippen LogP contribution in [0.1, 0.15) is 16.7 Å². The summed E-state index contributed by atoms with van der Waals surface area (Å²) in [6.07, 6.45) is 4.39. The van der Waals surface area contributed by atoms with Crippen LogP contribution in [0, 0.1) is 6.92 Å². The molecule has 1 heterocycles. The molecule has 4 heteroatoms. The molecule has 0 amide bonds. The SMILES string of the molecule is Cc1cc(Br)cc(CO)c1OCCc1cccnc1. The molecular formula is C15H16BrNO2. The fraction of sp³-hybridized carbons (Fsp3) is 0.267. The Kier molecular flexibility index (Phi) is 4.93. The molecule has 0 saturated carbocycles. The first-order valence-corrected chi connectivity index (χ1v) is 6.91. The molecule has 0 aliphatic carbocycles. The van der Waals surface area contributed by atoms with Gasteiger partial charge in [-0.15, -0.1) is 0 Å². The molecule has 0 fully saturated rings. The molecular weight excluding hydrogens is 306 g/mol. The van der Waals surface area contributed by atoms with Crippen molar-refractivity contribution in [3.05, 3.63) is 57.8 Å². The van der Waals surface area contributed by atoms with Gasteiger partial charge in [0.1, 0.15) is 5.75 Å². The minimum absolute atomic E-state index is 0.0253. The van der Waals surface area contributed by atoms with Gasteiger partial charge in [0, 0.05) is 28.9 Å². The Morgan fingerprint density at radius 3 is 2.89 bits per heavy atom. The lowest BCUT2D eigenvalue weighted by Crippen LogP contribution is -2.05. The summed E-state index contributed by atoms with van der Waals surface area (Å²) < 4.78 is 6.76. The minimum Gasteiger partial charge on any atom is -0.493 e. The van der Waals surface area contributed by atoms with E-state index in [1.54, 1.807) is 6.20 Å². The molecule has 19 heavy (non-hydrogen) atoms. The van der Waals surface area contributed by atoms with E-state index in [4.69, 9.17) is 4.74 Å². The third kappa shape index (κ3) is 3.78. The van der Waals surface area contributed by atoms with E-state index in [0.717, 1.165) is 33.3 Å². The highest BCUT2D eigenvalue weighted by Crippen LogP contribution is 2.28. The van der Waals surface area contributed by atoms with E-state index in [0.29, 0.717) is 6.61 Å². The maximum Gasteiger partial charge on any atom is 0.127 e. The Bertz CT molecular complexity index is 543. The van der Waals surface area contributed by atoms with Gasteiger partial charge in [0.25, 0.3) is 0 Å². The molecule has 0 radical (unpaired) electrons. The number of ether oxygens (including phenoxy) is 1. The van der Waals surface area contributed by atoms with Gasteiger partial charge in [0.2, 0.25) is 0 Å². The number of aryl methyl sites for hydroxylation is 1. The molecule has 0 bridgehead atoms. The fourth-order valence-corrected chi connectivity index (χ4v) is 2.56. The number of hydrogen-bond acceptors (Lipinski definition) is 3. The van der Waals surface area contributed by atoms with Crippen molar-refractivity contribution in [1.29, 1.82) is 0 Å². The van der Waals surface area contributed by atoms with Crippen LogP contribution in [0.2, 0.25) is 0 Å². The van der Waals surface area contributed by atoms with Gasteiger partial charge in [0.15, 0.2) is 0 Å². The first-order valence-electron chi connectivity index (χ1n) is 6.12. The van der Waals surface area contributed by atoms with Crippen LogP contribution in [0.3, 0.4) is 0 Å². The summed E-state index contributed by atoms with van der Waals surface area (Å²) in [4.78, 5) is 4.07. The molecule has 100 valence electrons. The Labute approximate surface area is 121 Å². The number of benzene rings is 1. The summed E-state index contributed by atoms with van der Waals surface area (Å²) in [5.41, 5.74) is 2.96. The van der Waals surface area contributed by atoms with E-state index in [9.17, 15) is 5.11 Å². The number of hydrogen-bond donors (Lipinski definition) is 1. The van der Waals surface area contributed by atoms with Crippen molar-refractivity contribution < 1.29 is 9.84 Å². The van der Waals surface area contributed by atoms with Crippen molar-refractivity contribution in [2.24, 2.45) is 0 Å². The van der Waals surface area contributed by atoms with Crippen molar-refractivity contribution in [2.75, 3.05) is 6.61 Å². The highest BCUT2D eigenvalue weighted by molar-refractivity contribution is 9.10. The average Bonchev–Trinajstić information content (AvgIpc) is 2.42. The number of nitrogens with zero attached hydrogens (tertiary/aromatic N) is 1. The number of pyridine rings is 1. The zero-order valence-corrected chi connectivity index (χ0v) is 12.4. The van der Waals surface area contributed by atoms with Crippen LogP contribution >= 0.6 is 15.9 Å². The van der Waals surface area contributed by atoms with Gasteiger partial charge >= 0.3 is 0 Å². The second kappa shape index (κ2) is 6.68. The zero-order valence-electron chi connectivity index (χ0n) is 10.8. The van der Waals surface area contributed by atoms with Crippen LogP contribution in [0.15, 0.2) is 41.1 Å². The smallest absolute Gasteiger partial charge is 0.127 e. The van der Waals surface area contributed by atoms with Gasteiger partial charge in [-0.1, -0.05) is 22.0 Å². The molecule has 2 rings (SSSR count). The van der Waals surface area contributed by atoms with E-state index in [1.807, 2.05) is 37.4 Å². The lowest BCUT2D eigenvalue weighted by atomic mass is 10.1. The molecule has 3 nitrogen and oxygen atoms in total. The predicted molar refractivity (Wildman–Crippen MR) is 78.2 cm³/mol. The van der Waals surface area contributed by atoms with Crippen LogP contribution in [0.5, 0.6) is 5.75 Å². The molecule has 0 aliphatic rings. The second-order valence-corrected chi connectivity index (χ2v) is 5.24. The summed E-state index contributed by atoms with van der Waals surface area (Å²) in [7, 11) is 0. The number of aliphatic hydroxyl groups excluding tert-OH is 1. The van der Waals surface area contributed by atoms with E-state index < -0.39 is 0 Å². The molecule has 0 atom stereocenters. The first-order chi connectivity index (χ1) is 9.20. The summed E-state index contributed by atoms with van der Waals surface area (Å²) in [6, 6.07) is 7.81. The van der Waals surface area contributed by atoms with Crippen LogP contribution in [0.4, 0.5) is 0 Å². The summed E-state index contributed by atoms with van der Waals surface area (Å²) in [5, 5.41) is 9.37. The molecule has 1 N–H and O–H groups in total. The Balaban J connectivity index is 2.03. The fourth-order valence-electron chi connectivity index (χ4n) is 1.94. The van der Waals surface area contributed by atoms with Gasteiger partial charge in [-0.2, -0.15) is 0 Å². The van der Waals surface area contributed by atoms with Crippen LogP contribution in [-0.2, 0) is 13.0 Å². The Hall–Kier alpha value is -1.39.